The number of nitrogens with one attached hydrogen (secondary N) is 1. The highest BCUT2D eigenvalue weighted by atomic mass is 32.1. The average Bonchev–Trinajstić information content (AvgIpc) is 3.50. The second kappa shape index (κ2) is 8.92. The van der Waals surface area contributed by atoms with Crippen molar-refractivity contribution < 1.29 is 9.18 Å². The first kappa shape index (κ1) is 22.7. The van der Waals surface area contributed by atoms with Gasteiger partial charge in [0.15, 0.2) is 0 Å². The Balaban J connectivity index is 1.58. The molecule has 0 fully saturated rings. The lowest BCUT2D eigenvalue weighted by atomic mass is 9.70. The van der Waals surface area contributed by atoms with Gasteiger partial charge in [-0.1, -0.05) is 61.6 Å². The molecule has 5 rings (SSSR count). The lowest BCUT2D eigenvalue weighted by molar-refractivity contribution is -0.124. The molecule has 5 aromatic rings. The number of hydrogen-bond acceptors (Lipinski definition) is 6. The van der Waals surface area contributed by atoms with Crippen LogP contribution in [-0.2, 0) is 4.79 Å². The normalized spacial score (nSPS) is 12.5. The van der Waals surface area contributed by atoms with E-state index in [4.69, 9.17) is 5.73 Å². The molecule has 0 aliphatic rings. The minimum Gasteiger partial charge on any atom is -0.397 e. The summed E-state index contributed by atoms with van der Waals surface area (Å²) in [5.41, 5.74) is 10.5. The van der Waals surface area contributed by atoms with Crippen LogP contribution in [0.3, 0.4) is 0 Å². The van der Waals surface area contributed by atoms with Crippen molar-refractivity contribution in [3.8, 4) is 5.69 Å². The van der Waals surface area contributed by atoms with Crippen molar-refractivity contribution in [2.45, 2.75) is 19.8 Å². The maximum absolute atomic E-state index is 13.6. The van der Waals surface area contributed by atoms with E-state index < -0.39 is 11.2 Å². The van der Waals surface area contributed by atoms with Crippen molar-refractivity contribution in [3.63, 3.8) is 0 Å². The van der Waals surface area contributed by atoms with E-state index in [-0.39, 0.29) is 11.8 Å². The number of anilines is 2. The van der Waals surface area contributed by atoms with Crippen molar-refractivity contribution in [1.82, 2.24) is 20.0 Å². The molecule has 1 amide bonds. The van der Waals surface area contributed by atoms with E-state index in [1.165, 1.54) is 23.5 Å². The Bertz CT molecular complexity index is 1500. The van der Waals surface area contributed by atoms with Crippen LogP contribution in [0.1, 0.15) is 30.9 Å². The van der Waals surface area contributed by atoms with Crippen LogP contribution in [0.4, 0.5) is 15.2 Å². The molecule has 0 saturated heterocycles. The molecule has 35 heavy (non-hydrogen) atoms. The largest absolute Gasteiger partial charge is 0.397 e. The van der Waals surface area contributed by atoms with E-state index >= 15 is 0 Å². The summed E-state index contributed by atoms with van der Waals surface area (Å²) in [6, 6.07) is 20.2. The second-order valence-electron chi connectivity index (χ2n) is 8.84. The smallest absolute Gasteiger partial charge is 0.232 e. The fraction of sp³-hybridized carbons (Fsp3) is 0.154. The van der Waals surface area contributed by atoms with Gasteiger partial charge in [-0.15, -0.1) is 10.2 Å². The number of rotatable bonds is 6. The summed E-state index contributed by atoms with van der Waals surface area (Å²) >= 11 is 1.28. The molecule has 7 nitrogen and oxygen atoms in total. The SMILES string of the molecule is CC(C)(C(=O)Nc1nncs1)C(c1ccccc1)c1ccc2c(cnn2-c2ccc(F)cc2N)c1. The molecule has 1 unspecified atom stereocenters. The molecule has 176 valence electrons. The molecule has 0 aliphatic carbocycles. The maximum atomic E-state index is 13.6. The monoisotopic (exact) mass is 486 g/mol. The van der Waals surface area contributed by atoms with Crippen molar-refractivity contribution in [2.24, 2.45) is 5.41 Å². The van der Waals surface area contributed by atoms with Gasteiger partial charge in [0.2, 0.25) is 11.0 Å². The summed E-state index contributed by atoms with van der Waals surface area (Å²) in [5, 5.41) is 16.5. The summed E-state index contributed by atoms with van der Waals surface area (Å²) in [4.78, 5) is 13.4. The number of benzene rings is 3. The summed E-state index contributed by atoms with van der Waals surface area (Å²) < 4.78 is 15.2. The van der Waals surface area contributed by atoms with E-state index in [1.54, 1.807) is 22.5 Å². The van der Waals surface area contributed by atoms with Gasteiger partial charge in [-0.25, -0.2) is 9.07 Å². The zero-order valence-electron chi connectivity index (χ0n) is 19.1. The highest BCUT2D eigenvalue weighted by molar-refractivity contribution is 7.13. The first-order valence-electron chi connectivity index (χ1n) is 11.0. The van der Waals surface area contributed by atoms with Gasteiger partial charge in [-0.3, -0.25) is 4.79 Å². The maximum Gasteiger partial charge on any atom is 0.232 e. The number of nitrogens with two attached hydrogens (primary N) is 1. The summed E-state index contributed by atoms with van der Waals surface area (Å²) in [6.07, 6.45) is 1.75. The van der Waals surface area contributed by atoms with E-state index in [0.717, 1.165) is 22.0 Å². The van der Waals surface area contributed by atoms with E-state index in [1.807, 2.05) is 62.4 Å². The van der Waals surface area contributed by atoms with Gasteiger partial charge in [0.1, 0.15) is 11.3 Å². The molecule has 2 aromatic heterocycles. The van der Waals surface area contributed by atoms with Crippen LogP contribution in [-0.4, -0.2) is 25.9 Å². The second-order valence-corrected chi connectivity index (χ2v) is 9.67. The fourth-order valence-electron chi connectivity index (χ4n) is 4.43. The van der Waals surface area contributed by atoms with Crippen LogP contribution < -0.4 is 11.1 Å². The van der Waals surface area contributed by atoms with Crippen molar-refractivity contribution in [3.05, 3.63) is 95.4 Å². The third-order valence-corrected chi connectivity index (χ3v) is 6.77. The van der Waals surface area contributed by atoms with Gasteiger partial charge in [-0.05, 0) is 41.5 Å². The molecule has 0 bridgehead atoms. The Kier molecular flexibility index (Phi) is 5.78. The molecule has 3 aromatic carbocycles. The number of amides is 1. The molecule has 0 saturated carbocycles. The van der Waals surface area contributed by atoms with Crippen molar-refractivity contribution >= 4 is 39.0 Å². The lowest BCUT2D eigenvalue weighted by Crippen LogP contribution is -2.37. The average molecular weight is 487 g/mol. The van der Waals surface area contributed by atoms with Gasteiger partial charge < -0.3 is 11.1 Å². The predicted molar refractivity (Wildman–Crippen MR) is 136 cm³/mol. The van der Waals surface area contributed by atoms with Crippen LogP contribution >= 0.6 is 11.3 Å². The molecular weight excluding hydrogens is 463 g/mol. The van der Waals surface area contributed by atoms with Gasteiger partial charge in [0.05, 0.1) is 28.5 Å². The number of hydrogen-bond donors (Lipinski definition) is 2. The fourth-order valence-corrected chi connectivity index (χ4v) is 4.87. The number of halogens is 1. The van der Waals surface area contributed by atoms with Crippen LogP contribution in [0.2, 0.25) is 0 Å². The highest BCUT2D eigenvalue weighted by Crippen LogP contribution is 2.42. The summed E-state index contributed by atoms with van der Waals surface area (Å²) in [6.45, 7) is 3.85. The Morgan fingerprint density at radius 3 is 2.60 bits per heavy atom. The van der Waals surface area contributed by atoms with Gasteiger partial charge in [0.25, 0.3) is 0 Å². The van der Waals surface area contributed by atoms with Crippen LogP contribution in [0, 0.1) is 11.2 Å². The van der Waals surface area contributed by atoms with Crippen LogP contribution in [0.15, 0.2) is 78.4 Å². The topological polar surface area (TPSA) is 98.7 Å². The van der Waals surface area contributed by atoms with E-state index in [9.17, 15) is 9.18 Å². The summed E-state index contributed by atoms with van der Waals surface area (Å²) in [7, 11) is 0. The molecular formula is C26H23FN6OS. The third-order valence-electron chi connectivity index (χ3n) is 6.16. The number of nitrogen functional groups attached to an aromatic ring is 1. The Labute approximate surface area is 205 Å². The van der Waals surface area contributed by atoms with Crippen LogP contribution in [0.25, 0.3) is 16.6 Å². The van der Waals surface area contributed by atoms with Crippen LogP contribution in [0.5, 0.6) is 0 Å². The number of carbonyl (C=O) groups is 1. The lowest BCUT2D eigenvalue weighted by Gasteiger charge is -2.33. The molecule has 9 heteroatoms. The summed E-state index contributed by atoms with van der Waals surface area (Å²) in [5.74, 6) is -0.803. The zero-order chi connectivity index (χ0) is 24.6. The molecule has 3 N–H and O–H groups in total. The molecule has 0 radical (unpaired) electrons. The Morgan fingerprint density at radius 2 is 1.89 bits per heavy atom. The molecule has 0 aliphatic heterocycles. The number of fused-ring (bicyclic) bond motifs is 1. The van der Waals surface area contributed by atoms with Gasteiger partial charge in [0, 0.05) is 11.3 Å². The van der Waals surface area contributed by atoms with Crippen molar-refractivity contribution in [2.75, 3.05) is 11.1 Å². The highest BCUT2D eigenvalue weighted by Gasteiger charge is 2.39. The third kappa shape index (κ3) is 4.26. The van der Waals surface area contributed by atoms with E-state index in [0.29, 0.717) is 16.5 Å². The minimum atomic E-state index is -0.821. The molecule has 1 atom stereocenters. The first-order chi connectivity index (χ1) is 16.8. The predicted octanol–water partition coefficient (Wildman–Crippen LogP) is 5.40. The quantitative estimate of drug-likeness (QED) is 0.313. The molecule has 2 heterocycles. The van der Waals surface area contributed by atoms with Gasteiger partial charge in [-0.2, -0.15) is 5.10 Å². The standard InChI is InChI=1S/C26H23FN6OS/c1-26(2,24(34)31-25-32-29-15-35-25)23(16-6-4-3-5-7-16)17-8-10-21-18(12-17)14-30-33(21)22-11-9-19(27)13-20(22)28/h3-15,23H,28H2,1-2H3,(H,31,32,34). The Morgan fingerprint density at radius 1 is 1.09 bits per heavy atom. The number of aromatic nitrogens is 4. The number of nitrogens with zero attached hydrogens (tertiary/aromatic N) is 4. The molecule has 0 spiro atoms. The zero-order valence-corrected chi connectivity index (χ0v) is 20.0. The van der Waals surface area contributed by atoms with Gasteiger partial charge >= 0.3 is 0 Å². The van der Waals surface area contributed by atoms with Crippen molar-refractivity contribution in [1.29, 1.82) is 0 Å². The number of carbonyl (C=O) groups excluding carboxylic acids is 1. The van der Waals surface area contributed by atoms with E-state index in [2.05, 4.69) is 20.6 Å². The Hall–Kier alpha value is -4.11. The first-order valence-corrected chi connectivity index (χ1v) is 11.9. The minimum absolute atomic E-state index is 0.155.